The highest BCUT2D eigenvalue weighted by molar-refractivity contribution is 9.10. The number of hydrogen-bond acceptors (Lipinski definition) is 2. The van der Waals surface area contributed by atoms with E-state index in [2.05, 4.69) is 26.2 Å². The van der Waals surface area contributed by atoms with Crippen molar-refractivity contribution in [3.05, 3.63) is 57.5 Å². The third-order valence-electron chi connectivity index (χ3n) is 2.11. The zero-order chi connectivity index (χ0) is 12.3. The molecule has 0 spiro atoms. The van der Waals surface area contributed by atoms with Crippen LogP contribution in [0.3, 0.4) is 0 Å². The maximum absolute atomic E-state index is 13.1. The van der Waals surface area contributed by atoms with Crippen molar-refractivity contribution in [2.24, 2.45) is 0 Å². The fourth-order valence-corrected chi connectivity index (χ4v) is 2.00. The topological polar surface area (TPSA) is 24.9 Å². The van der Waals surface area contributed by atoms with E-state index in [1.807, 2.05) is 18.2 Å². The first-order valence-electron chi connectivity index (χ1n) is 4.95. The summed E-state index contributed by atoms with van der Waals surface area (Å²) in [5, 5.41) is 3.43. The lowest BCUT2D eigenvalue weighted by atomic mass is 10.3. The lowest BCUT2D eigenvalue weighted by molar-refractivity contribution is 0.628. The van der Waals surface area contributed by atoms with Crippen LogP contribution in [0, 0.1) is 5.82 Å². The van der Waals surface area contributed by atoms with Crippen molar-refractivity contribution in [3.8, 4) is 0 Å². The molecule has 1 N–H and O–H groups in total. The molecule has 2 rings (SSSR count). The number of nitrogens with zero attached hydrogens (tertiary/aromatic N) is 1. The highest BCUT2D eigenvalue weighted by atomic mass is 79.9. The van der Waals surface area contributed by atoms with E-state index in [0.29, 0.717) is 17.3 Å². The fraction of sp³-hybridized carbons (Fsp3) is 0.0833. The Balaban J connectivity index is 2.07. The zero-order valence-electron chi connectivity index (χ0n) is 8.75. The van der Waals surface area contributed by atoms with E-state index in [9.17, 15) is 4.39 Å². The number of hydrogen-bond donors (Lipinski definition) is 1. The van der Waals surface area contributed by atoms with Crippen LogP contribution in [0.2, 0.25) is 5.02 Å². The van der Waals surface area contributed by atoms with Crippen molar-refractivity contribution in [1.82, 2.24) is 4.98 Å². The number of benzene rings is 1. The predicted octanol–water partition coefficient (Wildman–Crippen LogP) is 4.25. The number of halogens is 3. The zero-order valence-corrected chi connectivity index (χ0v) is 11.1. The minimum absolute atomic E-state index is 0.359. The van der Waals surface area contributed by atoms with E-state index < -0.39 is 0 Å². The second kappa shape index (κ2) is 5.47. The average molecular weight is 316 g/mol. The standard InChI is InChI=1S/C12H9BrClFN2/c13-12-3-1-2-10(17-12)7-16-11-5-8(14)4-9(15)6-11/h1-6,16H,7H2. The second-order valence-corrected chi connectivity index (χ2v) is 4.71. The predicted molar refractivity (Wildman–Crippen MR) is 70.7 cm³/mol. The molecular formula is C12H9BrClFN2. The van der Waals surface area contributed by atoms with Crippen molar-refractivity contribution in [3.63, 3.8) is 0 Å². The normalized spacial score (nSPS) is 10.3. The van der Waals surface area contributed by atoms with Crippen LogP contribution in [0.15, 0.2) is 41.0 Å². The maximum atomic E-state index is 13.1. The van der Waals surface area contributed by atoms with Gasteiger partial charge in [-0.05, 0) is 46.3 Å². The molecule has 0 saturated carbocycles. The molecule has 0 atom stereocenters. The van der Waals surface area contributed by atoms with E-state index in [1.54, 1.807) is 6.07 Å². The number of nitrogens with one attached hydrogen (secondary N) is 1. The van der Waals surface area contributed by atoms with Gasteiger partial charge in [0.15, 0.2) is 0 Å². The molecule has 0 fully saturated rings. The minimum atomic E-state index is -0.359. The molecule has 1 aromatic heterocycles. The summed E-state index contributed by atoms with van der Waals surface area (Å²) in [4.78, 5) is 4.26. The van der Waals surface area contributed by atoms with Gasteiger partial charge in [-0.3, -0.25) is 0 Å². The van der Waals surface area contributed by atoms with Crippen molar-refractivity contribution >= 4 is 33.2 Å². The van der Waals surface area contributed by atoms with Crippen LogP contribution in [0.5, 0.6) is 0 Å². The number of rotatable bonds is 3. The van der Waals surface area contributed by atoms with Gasteiger partial charge in [0.1, 0.15) is 10.4 Å². The Labute approximate surface area is 112 Å². The van der Waals surface area contributed by atoms with E-state index in [-0.39, 0.29) is 5.82 Å². The van der Waals surface area contributed by atoms with Crippen molar-refractivity contribution in [2.75, 3.05) is 5.32 Å². The van der Waals surface area contributed by atoms with Crippen LogP contribution in [0.1, 0.15) is 5.69 Å². The molecule has 0 aliphatic carbocycles. The van der Waals surface area contributed by atoms with Gasteiger partial charge in [-0.15, -0.1) is 0 Å². The Kier molecular flexibility index (Phi) is 3.97. The second-order valence-electron chi connectivity index (χ2n) is 3.46. The van der Waals surface area contributed by atoms with Gasteiger partial charge in [-0.25, -0.2) is 9.37 Å². The summed E-state index contributed by atoms with van der Waals surface area (Å²) < 4.78 is 13.8. The van der Waals surface area contributed by atoms with Crippen molar-refractivity contribution < 1.29 is 4.39 Å². The van der Waals surface area contributed by atoms with Gasteiger partial charge < -0.3 is 5.32 Å². The van der Waals surface area contributed by atoms with Crippen LogP contribution >= 0.6 is 27.5 Å². The molecular weight excluding hydrogens is 307 g/mol. The van der Waals surface area contributed by atoms with Gasteiger partial charge in [0.2, 0.25) is 0 Å². The fourth-order valence-electron chi connectivity index (χ4n) is 1.40. The molecule has 1 aromatic carbocycles. The van der Waals surface area contributed by atoms with Gasteiger partial charge >= 0.3 is 0 Å². The average Bonchev–Trinajstić information content (AvgIpc) is 2.25. The van der Waals surface area contributed by atoms with Gasteiger partial charge in [0.25, 0.3) is 0 Å². The van der Waals surface area contributed by atoms with E-state index >= 15 is 0 Å². The Morgan fingerprint density at radius 3 is 2.82 bits per heavy atom. The van der Waals surface area contributed by atoms with Crippen LogP contribution in [0.4, 0.5) is 10.1 Å². The monoisotopic (exact) mass is 314 g/mol. The lowest BCUT2D eigenvalue weighted by Crippen LogP contribution is -2.01. The molecule has 0 amide bonds. The van der Waals surface area contributed by atoms with Gasteiger partial charge in [0.05, 0.1) is 12.2 Å². The Hall–Kier alpha value is -1.13. The Morgan fingerprint density at radius 1 is 1.29 bits per heavy atom. The minimum Gasteiger partial charge on any atom is -0.379 e. The molecule has 0 aliphatic rings. The van der Waals surface area contributed by atoms with Crippen LogP contribution in [-0.2, 0) is 6.54 Å². The van der Waals surface area contributed by atoms with Crippen molar-refractivity contribution in [2.45, 2.75) is 6.54 Å². The van der Waals surface area contributed by atoms with Gasteiger partial charge in [-0.2, -0.15) is 0 Å². The molecule has 17 heavy (non-hydrogen) atoms. The van der Waals surface area contributed by atoms with Crippen LogP contribution in [0.25, 0.3) is 0 Å². The van der Waals surface area contributed by atoms with Crippen molar-refractivity contribution in [1.29, 1.82) is 0 Å². The molecule has 0 radical (unpaired) electrons. The van der Waals surface area contributed by atoms with E-state index in [4.69, 9.17) is 11.6 Å². The summed E-state index contributed by atoms with van der Waals surface area (Å²) in [5.41, 5.74) is 1.50. The Bertz CT molecular complexity index is 513. The first kappa shape index (κ1) is 12.3. The molecule has 2 nitrogen and oxygen atoms in total. The molecule has 0 bridgehead atoms. The molecule has 0 unspecified atom stereocenters. The molecule has 0 saturated heterocycles. The summed E-state index contributed by atoms with van der Waals surface area (Å²) in [7, 11) is 0. The molecule has 88 valence electrons. The number of aromatic nitrogens is 1. The summed E-state index contributed by atoms with van der Waals surface area (Å²) >= 11 is 9.05. The summed E-state index contributed by atoms with van der Waals surface area (Å²) in [6, 6.07) is 9.96. The highest BCUT2D eigenvalue weighted by Crippen LogP contribution is 2.18. The van der Waals surface area contributed by atoms with Crippen LogP contribution in [-0.4, -0.2) is 4.98 Å². The smallest absolute Gasteiger partial charge is 0.126 e. The molecule has 5 heteroatoms. The SMILES string of the molecule is Fc1cc(Cl)cc(NCc2cccc(Br)n2)c1. The Morgan fingerprint density at radius 2 is 2.12 bits per heavy atom. The van der Waals surface area contributed by atoms with Gasteiger partial charge in [0, 0.05) is 10.7 Å². The third-order valence-corrected chi connectivity index (χ3v) is 2.77. The molecule has 0 aliphatic heterocycles. The number of anilines is 1. The van der Waals surface area contributed by atoms with Gasteiger partial charge in [-0.1, -0.05) is 17.7 Å². The van der Waals surface area contributed by atoms with Crippen LogP contribution < -0.4 is 5.32 Å². The summed E-state index contributed by atoms with van der Waals surface area (Å²) in [6.07, 6.45) is 0. The van der Waals surface area contributed by atoms with E-state index in [1.165, 1.54) is 12.1 Å². The summed E-state index contributed by atoms with van der Waals surface area (Å²) in [5.74, 6) is -0.359. The van der Waals surface area contributed by atoms with E-state index in [0.717, 1.165) is 10.3 Å². The largest absolute Gasteiger partial charge is 0.379 e. The third kappa shape index (κ3) is 3.68. The first-order valence-corrected chi connectivity index (χ1v) is 6.12. The summed E-state index contributed by atoms with van der Waals surface area (Å²) in [6.45, 7) is 0.513. The number of pyridine rings is 1. The lowest BCUT2D eigenvalue weighted by Gasteiger charge is -2.06. The maximum Gasteiger partial charge on any atom is 0.126 e. The quantitative estimate of drug-likeness (QED) is 0.857. The highest BCUT2D eigenvalue weighted by Gasteiger charge is 2.00. The molecule has 2 aromatic rings. The molecule has 1 heterocycles. The first-order chi connectivity index (χ1) is 8.13.